The van der Waals surface area contributed by atoms with Crippen LogP contribution in [0.2, 0.25) is 0 Å². The number of halogens is 1. The molecule has 2 rings (SSSR count). The molecule has 1 N–H and O–H groups in total. The third-order valence-corrected chi connectivity index (χ3v) is 3.12. The summed E-state index contributed by atoms with van der Waals surface area (Å²) in [4.78, 5) is 24.1. The Labute approximate surface area is 121 Å². The van der Waals surface area contributed by atoms with Crippen LogP contribution in [-0.2, 0) is 17.8 Å². The zero-order valence-corrected chi connectivity index (χ0v) is 12.1. The lowest BCUT2D eigenvalue weighted by Crippen LogP contribution is -2.20. The molecule has 8 heteroatoms. The highest BCUT2D eigenvalue weighted by Crippen LogP contribution is 2.22. The predicted octanol–water partition coefficient (Wildman–Crippen LogP) is 0.752. The summed E-state index contributed by atoms with van der Waals surface area (Å²) < 4.78 is 7.07. The molecule has 108 valence electrons. The van der Waals surface area contributed by atoms with Gasteiger partial charge in [-0.25, -0.2) is 9.97 Å². The number of alkyl halides is 1. The van der Waals surface area contributed by atoms with Crippen molar-refractivity contribution in [2.45, 2.75) is 19.4 Å². The smallest absolute Gasteiger partial charge is 0.245 e. The van der Waals surface area contributed by atoms with Crippen molar-refractivity contribution in [2.24, 2.45) is 0 Å². The first-order valence-corrected chi connectivity index (χ1v) is 6.75. The summed E-state index contributed by atoms with van der Waals surface area (Å²) in [7, 11) is 3.14. The number of methoxy groups -OCH3 is 1. The van der Waals surface area contributed by atoms with Crippen LogP contribution in [0.5, 0.6) is 5.88 Å². The van der Waals surface area contributed by atoms with Gasteiger partial charge in [-0.15, -0.1) is 11.6 Å². The van der Waals surface area contributed by atoms with Gasteiger partial charge in [0.15, 0.2) is 11.2 Å². The lowest BCUT2D eigenvalue weighted by molar-refractivity contribution is -0.120. The van der Waals surface area contributed by atoms with Gasteiger partial charge < -0.3 is 14.6 Å². The third kappa shape index (κ3) is 2.82. The summed E-state index contributed by atoms with van der Waals surface area (Å²) in [6, 6.07) is 0. The number of carbonyl (C=O) groups is 1. The maximum absolute atomic E-state index is 11.4. The second-order valence-electron chi connectivity index (χ2n) is 4.10. The molecular formula is C12H16ClN5O2. The fourth-order valence-corrected chi connectivity index (χ4v) is 2.13. The van der Waals surface area contributed by atoms with Crippen molar-refractivity contribution >= 4 is 28.7 Å². The van der Waals surface area contributed by atoms with Crippen LogP contribution in [0.25, 0.3) is 11.2 Å². The Kier molecular flexibility index (Phi) is 4.73. The molecule has 1 amide bonds. The minimum absolute atomic E-state index is 0.0373. The highest BCUT2D eigenvalue weighted by Gasteiger charge is 2.16. The molecule has 2 aromatic rings. The second-order valence-corrected chi connectivity index (χ2v) is 4.47. The third-order valence-electron chi connectivity index (χ3n) is 2.93. The lowest BCUT2D eigenvalue weighted by atomic mass is 10.3. The van der Waals surface area contributed by atoms with Crippen molar-refractivity contribution in [1.82, 2.24) is 24.8 Å². The summed E-state index contributed by atoms with van der Waals surface area (Å²) in [5.41, 5.74) is 1.24. The number of imidazole rings is 1. The molecule has 2 aromatic heterocycles. The molecule has 0 aliphatic rings. The van der Waals surface area contributed by atoms with E-state index in [1.54, 1.807) is 7.05 Å². The SMILES string of the molecule is CNC(=O)CCn1c(CCCl)nc2c(OC)ncnc21. The van der Waals surface area contributed by atoms with Gasteiger partial charge in [0.2, 0.25) is 11.8 Å². The predicted molar refractivity (Wildman–Crippen MR) is 75.0 cm³/mol. The zero-order valence-electron chi connectivity index (χ0n) is 11.4. The molecule has 0 saturated carbocycles. The van der Waals surface area contributed by atoms with Crippen molar-refractivity contribution < 1.29 is 9.53 Å². The summed E-state index contributed by atoms with van der Waals surface area (Å²) >= 11 is 5.80. The van der Waals surface area contributed by atoms with Crippen LogP contribution >= 0.6 is 11.6 Å². The molecule has 0 aromatic carbocycles. The van der Waals surface area contributed by atoms with Gasteiger partial charge in [-0.2, -0.15) is 4.98 Å². The number of ether oxygens (including phenoxy) is 1. The molecule has 7 nitrogen and oxygen atoms in total. The summed E-state index contributed by atoms with van der Waals surface area (Å²) in [5.74, 6) is 1.60. The average molecular weight is 298 g/mol. The maximum Gasteiger partial charge on any atom is 0.245 e. The van der Waals surface area contributed by atoms with Crippen molar-refractivity contribution in [2.75, 3.05) is 20.0 Å². The number of carbonyl (C=O) groups excluding carboxylic acids is 1. The highest BCUT2D eigenvalue weighted by atomic mass is 35.5. The average Bonchev–Trinajstić information content (AvgIpc) is 2.82. The van der Waals surface area contributed by atoms with Crippen LogP contribution in [-0.4, -0.2) is 45.5 Å². The summed E-state index contributed by atoms with van der Waals surface area (Å²) in [6.07, 6.45) is 2.36. The van der Waals surface area contributed by atoms with Crippen LogP contribution in [0.4, 0.5) is 0 Å². The molecule has 0 radical (unpaired) electrons. The van der Waals surface area contributed by atoms with Crippen LogP contribution in [0.15, 0.2) is 6.33 Å². The van der Waals surface area contributed by atoms with E-state index in [1.165, 1.54) is 13.4 Å². The Balaban J connectivity index is 2.43. The van der Waals surface area contributed by atoms with Gasteiger partial charge in [-0.3, -0.25) is 4.79 Å². The van der Waals surface area contributed by atoms with Crippen LogP contribution in [0, 0.1) is 0 Å². The monoisotopic (exact) mass is 297 g/mol. The second kappa shape index (κ2) is 6.51. The van der Waals surface area contributed by atoms with E-state index < -0.39 is 0 Å². The minimum atomic E-state index is -0.0373. The Bertz CT molecular complexity index is 613. The molecule has 0 atom stereocenters. The Morgan fingerprint density at radius 1 is 1.50 bits per heavy atom. The van der Waals surface area contributed by atoms with Crippen molar-refractivity contribution in [1.29, 1.82) is 0 Å². The van der Waals surface area contributed by atoms with E-state index >= 15 is 0 Å². The molecule has 0 spiro atoms. The number of aromatic nitrogens is 4. The topological polar surface area (TPSA) is 81.9 Å². The van der Waals surface area contributed by atoms with Crippen molar-refractivity contribution in [3.63, 3.8) is 0 Å². The molecule has 0 saturated heterocycles. The largest absolute Gasteiger partial charge is 0.479 e. The number of hydrogen-bond donors (Lipinski definition) is 1. The first-order valence-electron chi connectivity index (χ1n) is 6.22. The first kappa shape index (κ1) is 14.5. The molecule has 0 aliphatic carbocycles. The summed E-state index contributed by atoms with van der Waals surface area (Å²) in [5, 5.41) is 2.59. The molecular weight excluding hydrogens is 282 g/mol. The number of nitrogens with zero attached hydrogens (tertiary/aromatic N) is 4. The summed E-state index contributed by atoms with van der Waals surface area (Å²) in [6.45, 7) is 0.489. The number of nitrogens with one attached hydrogen (secondary N) is 1. The van der Waals surface area contributed by atoms with E-state index in [0.717, 1.165) is 5.82 Å². The number of hydrogen-bond acceptors (Lipinski definition) is 5. The quantitative estimate of drug-likeness (QED) is 0.796. The fraction of sp³-hybridized carbons (Fsp3) is 0.500. The van der Waals surface area contributed by atoms with Gasteiger partial charge in [0.25, 0.3) is 0 Å². The van der Waals surface area contributed by atoms with Crippen LogP contribution in [0.3, 0.4) is 0 Å². The number of rotatable bonds is 6. The van der Waals surface area contributed by atoms with Gasteiger partial charge in [0.05, 0.1) is 7.11 Å². The molecule has 2 heterocycles. The Morgan fingerprint density at radius 3 is 2.95 bits per heavy atom. The van der Waals surface area contributed by atoms with E-state index in [0.29, 0.717) is 42.3 Å². The molecule has 0 bridgehead atoms. The molecule has 0 unspecified atom stereocenters. The standard InChI is InChI=1S/C12H16ClN5O2/c1-14-9(19)4-6-18-8(3-5-13)17-10-11(18)15-7-16-12(10)20-2/h7H,3-6H2,1-2H3,(H,14,19). The molecule has 0 fully saturated rings. The fourth-order valence-electron chi connectivity index (χ4n) is 1.96. The normalized spacial score (nSPS) is 10.8. The zero-order chi connectivity index (χ0) is 14.5. The van der Waals surface area contributed by atoms with Gasteiger partial charge in [-0.05, 0) is 0 Å². The number of aryl methyl sites for hydroxylation is 2. The minimum Gasteiger partial charge on any atom is -0.479 e. The van der Waals surface area contributed by atoms with E-state index in [9.17, 15) is 4.79 Å². The van der Waals surface area contributed by atoms with Crippen LogP contribution in [0.1, 0.15) is 12.2 Å². The molecule has 20 heavy (non-hydrogen) atoms. The van der Waals surface area contributed by atoms with E-state index in [1.807, 2.05) is 4.57 Å². The Hall–Kier alpha value is -1.89. The van der Waals surface area contributed by atoms with Gasteiger partial charge in [0.1, 0.15) is 12.2 Å². The van der Waals surface area contributed by atoms with Gasteiger partial charge in [-0.1, -0.05) is 0 Å². The van der Waals surface area contributed by atoms with Crippen molar-refractivity contribution in [3.8, 4) is 5.88 Å². The number of amides is 1. The van der Waals surface area contributed by atoms with E-state index in [2.05, 4.69) is 20.3 Å². The number of fused-ring (bicyclic) bond motifs is 1. The van der Waals surface area contributed by atoms with E-state index in [4.69, 9.17) is 16.3 Å². The van der Waals surface area contributed by atoms with Crippen molar-refractivity contribution in [3.05, 3.63) is 12.2 Å². The molecule has 0 aliphatic heterocycles. The lowest BCUT2D eigenvalue weighted by Gasteiger charge is -2.07. The highest BCUT2D eigenvalue weighted by molar-refractivity contribution is 6.17. The van der Waals surface area contributed by atoms with Crippen LogP contribution < -0.4 is 10.1 Å². The maximum atomic E-state index is 11.4. The van der Waals surface area contributed by atoms with Gasteiger partial charge >= 0.3 is 0 Å². The first-order chi connectivity index (χ1) is 9.71. The van der Waals surface area contributed by atoms with Gasteiger partial charge in [0, 0.05) is 32.3 Å². The van der Waals surface area contributed by atoms with E-state index in [-0.39, 0.29) is 5.91 Å². The Morgan fingerprint density at radius 2 is 2.30 bits per heavy atom.